The van der Waals surface area contributed by atoms with E-state index < -0.39 is 0 Å². The average molecular weight is 284 g/mol. The molecule has 0 aliphatic carbocycles. The third-order valence-corrected chi connectivity index (χ3v) is 3.52. The van der Waals surface area contributed by atoms with Crippen LogP contribution in [0.3, 0.4) is 0 Å². The number of carbonyl (C=O) groups excluding carboxylic acids is 1. The molecule has 19 heavy (non-hydrogen) atoms. The Hall–Kier alpha value is -1.36. The molecule has 0 saturated carbocycles. The summed E-state index contributed by atoms with van der Waals surface area (Å²) in [7, 11) is 1.43. The lowest BCUT2D eigenvalue weighted by atomic mass is 9.98. The van der Waals surface area contributed by atoms with E-state index in [0.29, 0.717) is 11.7 Å². The lowest BCUT2D eigenvalue weighted by Gasteiger charge is -2.32. The number of anilines is 1. The standard InChI is InChI=1S/C13H18ClN3O2/c1-3-11-15-10(14)7-12(16-11)17-6-4-5-9(8-17)13(18)19-2/h7,9H,3-6,8H2,1-2H3. The molecule has 0 N–H and O–H groups in total. The fourth-order valence-electron chi connectivity index (χ4n) is 2.32. The highest BCUT2D eigenvalue weighted by atomic mass is 35.5. The van der Waals surface area contributed by atoms with Crippen LogP contribution in [0, 0.1) is 5.92 Å². The summed E-state index contributed by atoms with van der Waals surface area (Å²) >= 11 is 6.00. The van der Waals surface area contributed by atoms with Gasteiger partial charge in [0.05, 0.1) is 13.0 Å². The van der Waals surface area contributed by atoms with E-state index in [1.54, 1.807) is 6.07 Å². The van der Waals surface area contributed by atoms with Crippen LogP contribution in [0.5, 0.6) is 0 Å². The minimum Gasteiger partial charge on any atom is -0.469 e. The molecule has 1 atom stereocenters. The van der Waals surface area contributed by atoms with Crippen LogP contribution in [0.1, 0.15) is 25.6 Å². The molecule has 0 aromatic carbocycles. The van der Waals surface area contributed by atoms with Gasteiger partial charge in [0, 0.05) is 25.6 Å². The number of aryl methyl sites for hydroxylation is 1. The molecule has 1 saturated heterocycles. The van der Waals surface area contributed by atoms with Crippen LogP contribution in [0.15, 0.2) is 6.07 Å². The van der Waals surface area contributed by atoms with Gasteiger partial charge in [0.15, 0.2) is 0 Å². The van der Waals surface area contributed by atoms with Crippen LogP contribution in [0.25, 0.3) is 0 Å². The van der Waals surface area contributed by atoms with Crippen LogP contribution < -0.4 is 4.90 Å². The molecule has 0 amide bonds. The molecule has 0 radical (unpaired) electrons. The Balaban J connectivity index is 2.17. The van der Waals surface area contributed by atoms with Crippen molar-refractivity contribution < 1.29 is 9.53 Å². The summed E-state index contributed by atoms with van der Waals surface area (Å²) in [6.45, 7) is 3.50. The van der Waals surface area contributed by atoms with Crippen molar-refractivity contribution in [2.24, 2.45) is 5.92 Å². The smallest absolute Gasteiger partial charge is 0.310 e. The minimum atomic E-state index is -0.152. The third kappa shape index (κ3) is 3.35. The lowest BCUT2D eigenvalue weighted by molar-refractivity contribution is -0.145. The van der Waals surface area contributed by atoms with Crippen LogP contribution >= 0.6 is 11.6 Å². The van der Waals surface area contributed by atoms with Gasteiger partial charge in [-0.2, -0.15) is 0 Å². The van der Waals surface area contributed by atoms with E-state index >= 15 is 0 Å². The number of esters is 1. The second-order valence-corrected chi connectivity index (χ2v) is 5.01. The number of carbonyl (C=O) groups is 1. The lowest BCUT2D eigenvalue weighted by Crippen LogP contribution is -2.39. The van der Waals surface area contributed by atoms with E-state index in [1.807, 2.05) is 6.92 Å². The monoisotopic (exact) mass is 283 g/mol. The van der Waals surface area contributed by atoms with Gasteiger partial charge in [-0.25, -0.2) is 9.97 Å². The maximum atomic E-state index is 11.6. The van der Waals surface area contributed by atoms with Crippen LogP contribution in [-0.4, -0.2) is 36.1 Å². The summed E-state index contributed by atoms with van der Waals surface area (Å²) < 4.78 is 4.82. The van der Waals surface area contributed by atoms with Gasteiger partial charge in [-0.1, -0.05) is 18.5 Å². The van der Waals surface area contributed by atoms with Crippen LogP contribution in [0.4, 0.5) is 5.82 Å². The molecule has 1 aliphatic rings. The molecule has 5 nitrogen and oxygen atoms in total. The van der Waals surface area contributed by atoms with E-state index in [0.717, 1.165) is 37.4 Å². The number of hydrogen-bond donors (Lipinski definition) is 0. The summed E-state index contributed by atoms with van der Waals surface area (Å²) in [6.07, 6.45) is 2.55. The Kier molecular flexibility index (Phi) is 4.58. The SMILES string of the molecule is CCc1nc(Cl)cc(N2CCCC(C(=O)OC)C2)n1. The Morgan fingerprint density at radius 2 is 2.37 bits per heavy atom. The molecule has 0 spiro atoms. The second-order valence-electron chi connectivity index (χ2n) is 4.63. The van der Waals surface area contributed by atoms with Crippen molar-refractivity contribution in [1.29, 1.82) is 0 Å². The van der Waals surface area contributed by atoms with Gasteiger partial charge in [-0.05, 0) is 12.8 Å². The molecule has 104 valence electrons. The molecular formula is C13H18ClN3O2. The average Bonchev–Trinajstić information content (AvgIpc) is 2.45. The first kappa shape index (κ1) is 14.1. The number of piperidine rings is 1. The first-order chi connectivity index (χ1) is 9.13. The van der Waals surface area contributed by atoms with Gasteiger partial charge in [-0.3, -0.25) is 4.79 Å². The van der Waals surface area contributed by atoms with Gasteiger partial charge in [-0.15, -0.1) is 0 Å². The maximum absolute atomic E-state index is 11.6. The van der Waals surface area contributed by atoms with Crippen LogP contribution in [-0.2, 0) is 16.0 Å². The van der Waals surface area contributed by atoms with Crippen molar-refractivity contribution in [2.45, 2.75) is 26.2 Å². The summed E-state index contributed by atoms with van der Waals surface area (Å²) in [4.78, 5) is 22.3. The van der Waals surface area contributed by atoms with Crippen molar-refractivity contribution >= 4 is 23.4 Å². The van der Waals surface area contributed by atoms with Gasteiger partial charge in [0.2, 0.25) is 0 Å². The Bertz CT molecular complexity index is 467. The molecule has 1 unspecified atom stereocenters. The maximum Gasteiger partial charge on any atom is 0.310 e. The topological polar surface area (TPSA) is 55.3 Å². The summed E-state index contributed by atoms with van der Waals surface area (Å²) in [6, 6.07) is 1.75. The van der Waals surface area contributed by atoms with Crippen molar-refractivity contribution in [3.63, 3.8) is 0 Å². The number of hydrogen-bond acceptors (Lipinski definition) is 5. The Morgan fingerprint density at radius 3 is 3.05 bits per heavy atom. The second kappa shape index (κ2) is 6.19. The molecule has 1 fully saturated rings. The van der Waals surface area contributed by atoms with E-state index in [4.69, 9.17) is 16.3 Å². The fraction of sp³-hybridized carbons (Fsp3) is 0.615. The Morgan fingerprint density at radius 1 is 1.58 bits per heavy atom. The normalized spacial score (nSPS) is 19.3. The van der Waals surface area contributed by atoms with E-state index in [9.17, 15) is 4.79 Å². The van der Waals surface area contributed by atoms with Gasteiger partial charge < -0.3 is 9.64 Å². The largest absolute Gasteiger partial charge is 0.469 e. The molecule has 1 aliphatic heterocycles. The van der Waals surface area contributed by atoms with Crippen molar-refractivity contribution in [2.75, 3.05) is 25.1 Å². The number of halogens is 1. The highest BCUT2D eigenvalue weighted by molar-refractivity contribution is 6.29. The van der Waals surface area contributed by atoms with E-state index in [-0.39, 0.29) is 11.9 Å². The minimum absolute atomic E-state index is 0.0856. The molecular weight excluding hydrogens is 266 g/mol. The number of methoxy groups -OCH3 is 1. The Labute approximate surface area is 117 Å². The van der Waals surface area contributed by atoms with Crippen molar-refractivity contribution in [3.8, 4) is 0 Å². The molecule has 2 rings (SSSR count). The first-order valence-corrected chi connectivity index (χ1v) is 6.88. The highest BCUT2D eigenvalue weighted by Gasteiger charge is 2.27. The predicted molar refractivity (Wildman–Crippen MR) is 73.4 cm³/mol. The third-order valence-electron chi connectivity index (χ3n) is 3.32. The van der Waals surface area contributed by atoms with E-state index in [1.165, 1.54) is 7.11 Å². The predicted octanol–water partition coefficient (Wildman–Crippen LogP) is 2.08. The van der Waals surface area contributed by atoms with Crippen molar-refractivity contribution in [3.05, 3.63) is 17.0 Å². The molecule has 1 aromatic rings. The fourth-order valence-corrected chi connectivity index (χ4v) is 2.51. The number of aromatic nitrogens is 2. The number of ether oxygens (including phenoxy) is 1. The highest BCUT2D eigenvalue weighted by Crippen LogP contribution is 2.24. The number of nitrogens with zero attached hydrogens (tertiary/aromatic N) is 3. The first-order valence-electron chi connectivity index (χ1n) is 6.50. The summed E-state index contributed by atoms with van der Waals surface area (Å²) in [5, 5.41) is 0.446. The van der Waals surface area contributed by atoms with E-state index in [2.05, 4.69) is 14.9 Å². The molecule has 1 aromatic heterocycles. The van der Waals surface area contributed by atoms with Gasteiger partial charge in [0.25, 0.3) is 0 Å². The zero-order chi connectivity index (χ0) is 13.8. The zero-order valence-corrected chi connectivity index (χ0v) is 12.0. The zero-order valence-electron chi connectivity index (χ0n) is 11.2. The summed E-state index contributed by atoms with van der Waals surface area (Å²) in [5.41, 5.74) is 0. The molecule has 6 heteroatoms. The quantitative estimate of drug-likeness (QED) is 0.628. The summed E-state index contributed by atoms with van der Waals surface area (Å²) in [5.74, 6) is 1.28. The van der Waals surface area contributed by atoms with Gasteiger partial charge >= 0.3 is 5.97 Å². The number of rotatable bonds is 3. The van der Waals surface area contributed by atoms with Crippen LogP contribution in [0.2, 0.25) is 5.15 Å². The van der Waals surface area contributed by atoms with Crippen molar-refractivity contribution in [1.82, 2.24) is 9.97 Å². The van der Waals surface area contributed by atoms with Gasteiger partial charge in [0.1, 0.15) is 16.8 Å². The molecule has 0 bridgehead atoms. The molecule has 2 heterocycles.